The van der Waals surface area contributed by atoms with Crippen LogP contribution in [0.2, 0.25) is 0 Å². The Morgan fingerprint density at radius 2 is 2.34 bits per heavy atom. The number of likely N-dealkylation sites (tertiary alicyclic amines) is 1. The minimum absolute atomic E-state index is 0.139. The molecule has 8 heteroatoms. The standard InChI is InChI=1S/C24H25FN4O2S/c1-3-17(26)11-18(25)15(2)31-21-8-9-27-20-12-22(32-24(20)21)19-7-6-16(13-28-19)14-29-10-4-5-23(29)30/h7-9,11-13,16,26H,2-6,10,14H2,1H3/b18-11+,26-17?. The van der Waals surface area contributed by atoms with Crippen LogP contribution in [0.25, 0.3) is 15.9 Å². The predicted molar refractivity (Wildman–Crippen MR) is 127 cm³/mol. The Kier molecular flexibility index (Phi) is 6.60. The molecule has 2 aromatic rings. The van der Waals surface area contributed by atoms with Gasteiger partial charge < -0.3 is 15.0 Å². The number of carbonyl (C=O) groups excluding carboxylic acids is 1. The molecule has 1 N–H and O–H groups in total. The zero-order valence-electron chi connectivity index (χ0n) is 17.9. The molecule has 0 spiro atoms. The van der Waals surface area contributed by atoms with Crippen LogP contribution < -0.4 is 4.74 Å². The van der Waals surface area contributed by atoms with Gasteiger partial charge in [0.2, 0.25) is 5.91 Å². The number of fused-ring (bicyclic) bond motifs is 1. The van der Waals surface area contributed by atoms with Crippen molar-refractivity contribution in [2.24, 2.45) is 10.9 Å². The number of ether oxygens (including phenoxy) is 1. The summed E-state index contributed by atoms with van der Waals surface area (Å²) in [4.78, 5) is 23.8. The van der Waals surface area contributed by atoms with Crippen LogP contribution in [0.4, 0.5) is 4.39 Å². The number of amides is 1. The van der Waals surface area contributed by atoms with E-state index in [4.69, 9.17) is 10.1 Å². The number of hydrogen-bond acceptors (Lipinski definition) is 6. The highest BCUT2D eigenvalue weighted by Crippen LogP contribution is 2.38. The van der Waals surface area contributed by atoms with Crippen molar-refractivity contribution in [2.45, 2.75) is 32.6 Å². The summed E-state index contributed by atoms with van der Waals surface area (Å²) in [6.07, 6.45) is 9.60. The van der Waals surface area contributed by atoms with E-state index in [0.29, 0.717) is 18.6 Å². The van der Waals surface area contributed by atoms with E-state index in [1.54, 1.807) is 19.2 Å². The fourth-order valence-electron chi connectivity index (χ4n) is 3.67. The second-order valence-electron chi connectivity index (χ2n) is 7.84. The number of allylic oxidation sites excluding steroid dienone is 3. The highest BCUT2D eigenvalue weighted by atomic mass is 32.1. The topological polar surface area (TPSA) is 78.6 Å². The van der Waals surface area contributed by atoms with E-state index in [0.717, 1.165) is 52.8 Å². The maximum Gasteiger partial charge on any atom is 0.222 e. The highest BCUT2D eigenvalue weighted by molar-refractivity contribution is 7.20. The lowest BCUT2D eigenvalue weighted by molar-refractivity contribution is -0.127. The van der Waals surface area contributed by atoms with Crippen LogP contribution >= 0.6 is 11.3 Å². The van der Waals surface area contributed by atoms with Gasteiger partial charge >= 0.3 is 0 Å². The second-order valence-corrected chi connectivity index (χ2v) is 8.89. The van der Waals surface area contributed by atoms with Gasteiger partial charge in [0.25, 0.3) is 0 Å². The number of nitrogens with one attached hydrogen (secondary N) is 1. The minimum Gasteiger partial charge on any atom is -0.453 e. The molecule has 1 amide bonds. The molecule has 6 nitrogen and oxygen atoms in total. The van der Waals surface area contributed by atoms with E-state index in [-0.39, 0.29) is 23.3 Å². The van der Waals surface area contributed by atoms with E-state index in [2.05, 4.69) is 22.6 Å². The van der Waals surface area contributed by atoms with Crippen molar-refractivity contribution >= 4 is 45.1 Å². The number of nitrogens with zero attached hydrogens (tertiary/aromatic N) is 3. The van der Waals surface area contributed by atoms with Gasteiger partial charge in [0.1, 0.15) is 5.75 Å². The van der Waals surface area contributed by atoms with Crippen LogP contribution in [-0.2, 0) is 4.79 Å². The van der Waals surface area contributed by atoms with Crippen molar-refractivity contribution in [1.29, 1.82) is 5.41 Å². The molecule has 0 radical (unpaired) electrons. The SMILES string of the molecule is C=C(Oc1ccnc2cc(C3=CCC(CN4CCCC4=O)C=N3)sc12)/C(F)=C\C(=N)CC. The summed E-state index contributed by atoms with van der Waals surface area (Å²) in [5, 5.41) is 7.62. The molecule has 2 aromatic heterocycles. The van der Waals surface area contributed by atoms with E-state index in [1.807, 2.05) is 17.2 Å². The number of aliphatic imine (C=N–C) groups is 1. The first kappa shape index (κ1) is 22.1. The Morgan fingerprint density at radius 3 is 3.03 bits per heavy atom. The predicted octanol–water partition coefficient (Wildman–Crippen LogP) is 5.53. The summed E-state index contributed by atoms with van der Waals surface area (Å²) in [6, 6.07) is 3.62. The summed E-state index contributed by atoms with van der Waals surface area (Å²) in [5.41, 5.74) is 1.77. The Hall–Kier alpha value is -3.13. The van der Waals surface area contributed by atoms with E-state index < -0.39 is 5.83 Å². The first-order valence-corrected chi connectivity index (χ1v) is 11.5. The lowest BCUT2D eigenvalue weighted by Crippen LogP contribution is -2.31. The molecule has 1 saturated heterocycles. The summed E-state index contributed by atoms with van der Waals surface area (Å²) >= 11 is 1.48. The number of aromatic nitrogens is 1. The smallest absolute Gasteiger partial charge is 0.222 e. The molecule has 4 heterocycles. The fourth-order valence-corrected chi connectivity index (χ4v) is 4.72. The van der Waals surface area contributed by atoms with Gasteiger partial charge in [-0.05, 0) is 31.4 Å². The summed E-state index contributed by atoms with van der Waals surface area (Å²) in [5.74, 6) is 0.122. The van der Waals surface area contributed by atoms with Crippen LogP contribution in [0.15, 0.2) is 53.6 Å². The third kappa shape index (κ3) is 4.85. The molecule has 4 rings (SSSR count). The third-order valence-electron chi connectivity index (χ3n) is 5.47. The average Bonchev–Trinajstić information content (AvgIpc) is 3.41. The van der Waals surface area contributed by atoms with Crippen LogP contribution in [0.3, 0.4) is 0 Å². The van der Waals surface area contributed by atoms with Crippen LogP contribution in [0, 0.1) is 11.3 Å². The number of hydrogen-bond donors (Lipinski definition) is 1. The Bertz CT molecular complexity index is 1160. The zero-order chi connectivity index (χ0) is 22.7. The van der Waals surface area contributed by atoms with Crippen molar-refractivity contribution in [2.75, 3.05) is 13.1 Å². The van der Waals surface area contributed by atoms with Crippen molar-refractivity contribution in [3.8, 4) is 5.75 Å². The first-order chi connectivity index (χ1) is 15.4. The van der Waals surface area contributed by atoms with Gasteiger partial charge in [-0.1, -0.05) is 19.6 Å². The third-order valence-corrected chi connectivity index (χ3v) is 6.64. The molecule has 0 aromatic carbocycles. The number of halogens is 1. The largest absolute Gasteiger partial charge is 0.453 e. The lowest BCUT2D eigenvalue weighted by atomic mass is 10.0. The van der Waals surface area contributed by atoms with Crippen molar-refractivity contribution < 1.29 is 13.9 Å². The van der Waals surface area contributed by atoms with Gasteiger partial charge in [0, 0.05) is 49.6 Å². The molecule has 1 unspecified atom stereocenters. The molecule has 0 saturated carbocycles. The van der Waals surface area contributed by atoms with Crippen molar-refractivity contribution in [1.82, 2.24) is 9.88 Å². The molecule has 0 bridgehead atoms. The molecule has 32 heavy (non-hydrogen) atoms. The number of carbonyl (C=O) groups is 1. The van der Waals surface area contributed by atoms with Crippen LogP contribution in [0.5, 0.6) is 5.75 Å². The maximum absolute atomic E-state index is 14.3. The maximum atomic E-state index is 14.3. The molecular formula is C24H25FN4O2S. The van der Waals surface area contributed by atoms with Gasteiger partial charge in [-0.15, -0.1) is 11.3 Å². The Balaban J connectivity index is 1.48. The summed E-state index contributed by atoms with van der Waals surface area (Å²) < 4.78 is 20.7. The first-order valence-electron chi connectivity index (χ1n) is 10.7. The summed E-state index contributed by atoms with van der Waals surface area (Å²) in [7, 11) is 0. The molecule has 166 valence electrons. The quantitative estimate of drug-likeness (QED) is 0.325. The van der Waals surface area contributed by atoms with E-state index >= 15 is 0 Å². The van der Waals surface area contributed by atoms with Gasteiger partial charge in [-0.25, -0.2) is 4.39 Å². The number of thiophene rings is 1. The van der Waals surface area contributed by atoms with Crippen molar-refractivity contribution in [3.63, 3.8) is 0 Å². The van der Waals surface area contributed by atoms with E-state index in [9.17, 15) is 9.18 Å². The Labute approximate surface area is 190 Å². The highest BCUT2D eigenvalue weighted by Gasteiger charge is 2.24. The second kappa shape index (κ2) is 9.56. The monoisotopic (exact) mass is 452 g/mol. The van der Waals surface area contributed by atoms with Gasteiger partial charge in [-0.2, -0.15) is 0 Å². The number of rotatable bonds is 8. The molecule has 2 aliphatic rings. The van der Waals surface area contributed by atoms with Crippen LogP contribution in [0.1, 0.15) is 37.5 Å². The number of pyridine rings is 1. The zero-order valence-corrected chi connectivity index (χ0v) is 18.8. The van der Waals surface area contributed by atoms with Gasteiger partial charge in [-0.3, -0.25) is 14.8 Å². The van der Waals surface area contributed by atoms with E-state index in [1.165, 1.54) is 11.3 Å². The van der Waals surface area contributed by atoms with Crippen LogP contribution in [-0.4, -0.2) is 40.8 Å². The normalized spacial score (nSPS) is 18.9. The fraction of sp³-hybridized carbons (Fsp3) is 0.333. The molecule has 1 fully saturated rings. The minimum atomic E-state index is -0.666. The lowest BCUT2D eigenvalue weighted by Gasteiger charge is -2.22. The molecule has 1 atom stereocenters. The average molecular weight is 453 g/mol. The summed E-state index contributed by atoms with van der Waals surface area (Å²) in [6.45, 7) is 6.99. The molecule has 0 aliphatic carbocycles. The molecular weight excluding hydrogens is 427 g/mol. The van der Waals surface area contributed by atoms with Gasteiger partial charge in [0.15, 0.2) is 11.6 Å². The van der Waals surface area contributed by atoms with Crippen molar-refractivity contribution in [3.05, 3.63) is 53.5 Å². The van der Waals surface area contributed by atoms with Gasteiger partial charge in [0.05, 0.1) is 20.8 Å². The Morgan fingerprint density at radius 1 is 1.50 bits per heavy atom. The molecule has 2 aliphatic heterocycles.